The van der Waals surface area contributed by atoms with Crippen LogP contribution >= 0.6 is 41.3 Å². The van der Waals surface area contributed by atoms with Gasteiger partial charge in [-0.1, -0.05) is 68.9 Å². The Bertz CT molecular complexity index is 295. The van der Waals surface area contributed by atoms with Gasteiger partial charge in [0.25, 0.3) is 0 Å². The van der Waals surface area contributed by atoms with Crippen LogP contribution in [0, 0.1) is 11.8 Å². The molecule has 0 radical (unpaired) electrons. The summed E-state index contributed by atoms with van der Waals surface area (Å²) in [5.74, 6) is 0.941. The van der Waals surface area contributed by atoms with Crippen LogP contribution in [0.1, 0.15) is 40.5 Å². The van der Waals surface area contributed by atoms with Gasteiger partial charge in [-0.25, -0.2) is 0 Å². The lowest BCUT2D eigenvalue weighted by Gasteiger charge is -2.28. The molecule has 0 heterocycles. The predicted molar refractivity (Wildman–Crippen MR) is 90.3 cm³/mol. The lowest BCUT2D eigenvalue weighted by molar-refractivity contribution is 0.241. The quantitative estimate of drug-likeness (QED) is 0.291. The monoisotopic (exact) mass is 368 g/mol. The second-order valence-corrected chi connectivity index (χ2v) is 11.4. The summed E-state index contributed by atoms with van der Waals surface area (Å²) >= 11 is 22.7. The van der Waals surface area contributed by atoms with Crippen LogP contribution in [-0.4, -0.2) is 23.2 Å². The average molecular weight is 370 g/mol. The average Bonchev–Trinajstić information content (AvgIpc) is 2.26. The first-order valence-electron chi connectivity index (χ1n) is 6.54. The molecule has 116 valence electrons. The zero-order valence-corrected chi connectivity index (χ0v) is 16.0. The third-order valence-corrected chi connectivity index (χ3v) is 6.39. The van der Waals surface area contributed by atoms with Crippen LogP contribution in [0.25, 0.3) is 0 Å². The summed E-state index contributed by atoms with van der Waals surface area (Å²) in [4.78, 5) is 0. The Balaban J connectivity index is 4.57. The highest BCUT2D eigenvalue weighted by Crippen LogP contribution is 2.52. The van der Waals surface area contributed by atoms with Gasteiger partial charge in [-0.3, -0.25) is 0 Å². The molecular weight excluding hydrogens is 346 g/mol. The number of halogens is 3. The van der Waals surface area contributed by atoms with Gasteiger partial charge in [0.05, 0.1) is 6.61 Å². The molecule has 0 aliphatic carbocycles. The van der Waals surface area contributed by atoms with Crippen molar-refractivity contribution in [1.82, 2.24) is 0 Å². The van der Waals surface area contributed by atoms with Gasteiger partial charge in [0.15, 0.2) is 6.49 Å². The van der Waals surface area contributed by atoms with Gasteiger partial charge in [-0.05, 0) is 30.1 Å². The molecule has 2 nitrogen and oxygen atoms in total. The Morgan fingerprint density at radius 3 is 2.16 bits per heavy atom. The van der Waals surface area contributed by atoms with E-state index in [1.807, 2.05) is 0 Å². The fourth-order valence-corrected chi connectivity index (χ4v) is 4.91. The van der Waals surface area contributed by atoms with E-state index in [1.54, 1.807) is 0 Å². The largest absolute Gasteiger partial charge is 0.329 e. The van der Waals surface area contributed by atoms with Crippen molar-refractivity contribution in [3.05, 3.63) is 0 Å². The Hall–Kier alpha value is 1.44. The van der Waals surface area contributed by atoms with Gasteiger partial charge >= 0.3 is 0 Å². The van der Waals surface area contributed by atoms with Crippen molar-refractivity contribution in [1.29, 1.82) is 0 Å². The molecule has 0 fully saturated rings. The molecule has 0 rings (SSSR count). The zero-order chi connectivity index (χ0) is 15.1. The fraction of sp³-hybridized carbons (Fsp3) is 1.00. The van der Waals surface area contributed by atoms with Gasteiger partial charge < -0.3 is 9.05 Å². The molecule has 2 unspecified atom stereocenters. The lowest BCUT2D eigenvalue weighted by atomic mass is 10.0. The molecule has 0 saturated carbocycles. The first-order chi connectivity index (χ1) is 8.59. The highest BCUT2D eigenvalue weighted by molar-refractivity contribution is 8.09. The summed E-state index contributed by atoms with van der Waals surface area (Å²) < 4.78 is 10.0. The highest BCUT2D eigenvalue weighted by atomic mass is 35.6. The van der Waals surface area contributed by atoms with Crippen molar-refractivity contribution in [2.24, 2.45) is 11.8 Å². The van der Waals surface area contributed by atoms with Gasteiger partial charge in [0.2, 0.25) is 3.79 Å². The Kier molecular flexibility index (Phi) is 10.2. The van der Waals surface area contributed by atoms with Crippen LogP contribution < -0.4 is 0 Å². The summed E-state index contributed by atoms with van der Waals surface area (Å²) in [6.07, 6.45) is 2.73. The van der Waals surface area contributed by atoms with E-state index in [9.17, 15) is 0 Å². The first-order valence-corrected chi connectivity index (χ1v) is 10.5. The third-order valence-electron chi connectivity index (χ3n) is 2.86. The van der Waals surface area contributed by atoms with Crippen LogP contribution in [0.15, 0.2) is 0 Å². The summed E-state index contributed by atoms with van der Waals surface area (Å²) in [6, 6.07) is 0. The molecule has 19 heavy (non-hydrogen) atoms. The molecule has 0 amide bonds. The van der Waals surface area contributed by atoms with E-state index in [-0.39, 0.29) is 6.61 Å². The summed E-state index contributed by atoms with van der Waals surface area (Å²) in [5, 5.41) is 0. The molecule has 0 aliphatic rings. The minimum atomic E-state index is -2.38. The maximum Gasteiger partial charge on any atom is 0.213 e. The van der Waals surface area contributed by atoms with Crippen LogP contribution in [0.3, 0.4) is 0 Å². The molecule has 0 aromatic carbocycles. The van der Waals surface area contributed by atoms with Gasteiger partial charge in [0, 0.05) is 6.16 Å². The van der Waals surface area contributed by atoms with E-state index in [0.717, 1.165) is 12.8 Å². The van der Waals surface area contributed by atoms with E-state index in [4.69, 9.17) is 55.7 Å². The maximum absolute atomic E-state index is 5.81. The lowest BCUT2D eigenvalue weighted by Crippen LogP contribution is -2.17. The Morgan fingerprint density at radius 1 is 1.16 bits per heavy atom. The maximum atomic E-state index is 5.81. The van der Waals surface area contributed by atoms with E-state index in [2.05, 4.69) is 27.7 Å². The number of hydrogen-bond donors (Lipinski definition) is 0. The first kappa shape index (κ1) is 20.4. The van der Waals surface area contributed by atoms with E-state index in [1.165, 1.54) is 0 Å². The van der Waals surface area contributed by atoms with Crippen molar-refractivity contribution >= 4 is 53.1 Å². The minimum absolute atomic E-state index is 0.0219. The van der Waals surface area contributed by atoms with Crippen molar-refractivity contribution < 1.29 is 9.05 Å². The highest BCUT2D eigenvalue weighted by Gasteiger charge is 2.29. The molecule has 0 aliphatic heterocycles. The van der Waals surface area contributed by atoms with Crippen LogP contribution in [0.5, 0.6) is 0 Å². The van der Waals surface area contributed by atoms with E-state index >= 15 is 0 Å². The van der Waals surface area contributed by atoms with Crippen LogP contribution in [0.4, 0.5) is 0 Å². The zero-order valence-electron chi connectivity index (χ0n) is 12.0. The topological polar surface area (TPSA) is 18.5 Å². The molecular formula is C12H24Cl3O2PS. The van der Waals surface area contributed by atoms with Crippen molar-refractivity contribution in [3.63, 3.8) is 0 Å². The SMILES string of the molecule is CCCCOP(=S)(CC(C)C(C)C)OCC(Cl)(Cl)Cl. The molecule has 7 heteroatoms. The summed E-state index contributed by atoms with van der Waals surface area (Å²) in [5.41, 5.74) is 0. The second-order valence-electron chi connectivity index (χ2n) is 5.09. The minimum Gasteiger partial charge on any atom is -0.329 e. The molecule has 2 atom stereocenters. The fourth-order valence-electron chi connectivity index (χ4n) is 1.23. The molecule has 0 aromatic rings. The molecule has 0 spiro atoms. The number of rotatable bonds is 9. The molecule has 0 saturated heterocycles. The van der Waals surface area contributed by atoms with E-state index in [0.29, 0.717) is 24.6 Å². The third kappa shape index (κ3) is 10.8. The van der Waals surface area contributed by atoms with Gasteiger partial charge in [0.1, 0.15) is 6.61 Å². The smallest absolute Gasteiger partial charge is 0.213 e. The van der Waals surface area contributed by atoms with Gasteiger partial charge in [-0.15, -0.1) is 0 Å². The predicted octanol–water partition coefficient (Wildman–Crippen LogP) is 5.79. The normalized spacial score (nSPS) is 17.5. The van der Waals surface area contributed by atoms with Crippen molar-refractivity contribution in [2.45, 2.75) is 44.3 Å². The van der Waals surface area contributed by atoms with E-state index < -0.39 is 10.3 Å². The number of alkyl halides is 3. The Labute approximate surface area is 137 Å². The van der Waals surface area contributed by atoms with Crippen LogP contribution in [-0.2, 0) is 20.9 Å². The summed E-state index contributed by atoms with van der Waals surface area (Å²) in [6.45, 7) is 6.78. The Morgan fingerprint density at radius 2 is 1.74 bits per heavy atom. The molecule has 0 N–H and O–H groups in total. The van der Waals surface area contributed by atoms with Crippen LogP contribution in [0.2, 0.25) is 0 Å². The van der Waals surface area contributed by atoms with Crippen molar-refractivity contribution in [3.8, 4) is 0 Å². The summed E-state index contributed by atoms with van der Waals surface area (Å²) in [7, 11) is 0. The second kappa shape index (κ2) is 9.46. The molecule has 0 aromatic heterocycles. The number of unbranched alkanes of at least 4 members (excludes halogenated alkanes) is 1. The number of hydrogen-bond acceptors (Lipinski definition) is 3. The standard InChI is InChI=1S/C12H24Cl3O2PS/c1-5-6-7-16-18(19,8-11(4)10(2)3)17-9-12(13,14)15/h10-11H,5-9H2,1-4H3. The van der Waals surface area contributed by atoms with Gasteiger partial charge in [-0.2, -0.15) is 0 Å². The van der Waals surface area contributed by atoms with Crippen molar-refractivity contribution in [2.75, 3.05) is 19.4 Å². The molecule has 0 bridgehead atoms.